The van der Waals surface area contributed by atoms with Crippen molar-refractivity contribution in [2.45, 2.75) is 25.9 Å². The molecule has 150 valence electrons. The number of hydrogen-bond donors (Lipinski definition) is 0. The van der Waals surface area contributed by atoms with Crippen LogP contribution in [0.15, 0.2) is 36.4 Å². The van der Waals surface area contributed by atoms with E-state index < -0.39 is 0 Å². The molecule has 0 bridgehead atoms. The second-order valence-electron chi connectivity index (χ2n) is 7.19. The first-order valence-corrected chi connectivity index (χ1v) is 9.78. The first kappa shape index (κ1) is 20.5. The number of rotatable bonds is 6. The molecule has 0 saturated carbocycles. The smallest absolute Gasteiger partial charge is 0.237 e. The number of benzene rings is 2. The van der Waals surface area contributed by atoms with Gasteiger partial charge in [-0.15, -0.1) is 0 Å². The number of likely N-dealkylation sites (N-methyl/N-ethyl adjacent to an activating group) is 1. The topological polar surface area (TPSA) is 42.0 Å². The molecule has 0 spiro atoms. The van der Waals surface area contributed by atoms with Crippen LogP contribution in [0.4, 0.5) is 0 Å². The number of ether oxygens (including phenoxy) is 2. The second kappa shape index (κ2) is 8.84. The molecule has 1 amide bonds. The van der Waals surface area contributed by atoms with E-state index in [1.807, 2.05) is 48.3 Å². The van der Waals surface area contributed by atoms with Crippen molar-refractivity contribution in [2.75, 3.05) is 34.4 Å². The van der Waals surface area contributed by atoms with Crippen LogP contribution in [0.5, 0.6) is 11.5 Å². The molecule has 6 heteroatoms. The lowest BCUT2D eigenvalue weighted by molar-refractivity contribution is -0.133. The van der Waals surface area contributed by atoms with E-state index in [4.69, 9.17) is 21.1 Å². The Morgan fingerprint density at radius 1 is 1.18 bits per heavy atom. The molecular weight excluding hydrogens is 376 g/mol. The number of carbonyl (C=O) groups excluding carboxylic acids is 1. The molecule has 2 aromatic carbocycles. The summed E-state index contributed by atoms with van der Waals surface area (Å²) in [6.45, 7) is 3.74. The summed E-state index contributed by atoms with van der Waals surface area (Å²) >= 11 is 6.10. The van der Waals surface area contributed by atoms with Gasteiger partial charge in [0.05, 0.1) is 20.8 Å². The van der Waals surface area contributed by atoms with Gasteiger partial charge in [-0.05, 0) is 61.3 Å². The third-order valence-electron chi connectivity index (χ3n) is 5.45. The van der Waals surface area contributed by atoms with Crippen LogP contribution in [0.3, 0.4) is 0 Å². The molecule has 1 aliphatic heterocycles. The molecule has 0 radical (unpaired) electrons. The van der Waals surface area contributed by atoms with E-state index in [1.54, 1.807) is 14.2 Å². The number of amides is 1. The molecule has 0 N–H and O–H groups in total. The Labute approximate surface area is 171 Å². The van der Waals surface area contributed by atoms with Gasteiger partial charge in [0.25, 0.3) is 0 Å². The van der Waals surface area contributed by atoms with Gasteiger partial charge >= 0.3 is 0 Å². The summed E-state index contributed by atoms with van der Waals surface area (Å²) in [5.41, 5.74) is 3.42. The third-order valence-corrected chi connectivity index (χ3v) is 5.68. The Morgan fingerprint density at radius 3 is 2.50 bits per heavy atom. The highest BCUT2D eigenvalue weighted by molar-refractivity contribution is 6.30. The minimum atomic E-state index is 0.101. The molecule has 1 atom stereocenters. The lowest BCUT2D eigenvalue weighted by Gasteiger charge is -2.32. The number of nitrogens with zero attached hydrogens (tertiary/aromatic N) is 2. The van der Waals surface area contributed by atoms with Crippen LogP contribution in [-0.4, -0.2) is 50.1 Å². The molecule has 5 nitrogen and oxygen atoms in total. The predicted octanol–water partition coefficient (Wildman–Crippen LogP) is 3.93. The minimum Gasteiger partial charge on any atom is -0.493 e. The van der Waals surface area contributed by atoms with Crippen LogP contribution >= 0.6 is 11.6 Å². The van der Waals surface area contributed by atoms with Crippen molar-refractivity contribution < 1.29 is 14.3 Å². The van der Waals surface area contributed by atoms with E-state index >= 15 is 0 Å². The van der Waals surface area contributed by atoms with Gasteiger partial charge in [0, 0.05) is 24.2 Å². The largest absolute Gasteiger partial charge is 0.493 e. The molecule has 0 aromatic heterocycles. The zero-order valence-electron chi connectivity index (χ0n) is 16.9. The van der Waals surface area contributed by atoms with Crippen LogP contribution in [0.1, 0.15) is 29.7 Å². The summed E-state index contributed by atoms with van der Waals surface area (Å²) < 4.78 is 10.8. The maximum absolute atomic E-state index is 12.9. The van der Waals surface area contributed by atoms with Gasteiger partial charge in [0.1, 0.15) is 0 Å². The van der Waals surface area contributed by atoms with Crippen molar-refractivity contribution in [2.24, 2.45) is 0 Å². The van der Waals surface area contributed by atoms with Crippen molar-refractivity contribution in [1.29, 1.82) is 0 Å². The van der Waals surface area contributed by atoms with Gasteiger partial charge in [-0.1, -0.05) is 23.7 Å². The number of fused-ring (bicyclic) bond motifs is 1. The van der Waals surface area contributed by atoms with E-state index in [9.17, 15) is 4.79 Å². The minimum absolute atomic E-state index is 0.101. The van der Waals surface area contributed by atoms with Gasteiger partial charge in [0.2, 0.25) is 5.91 Å². The summed E-state index contributed by atoms with van der Waals surface area (Å²) in [6.07, 6.45) is 0.814. The van der Waals surface area contributed by atoms with Crippen molar-refractivity contribution in [3.8, 4) is 11.5 Å². The van der Waals surface area contributed by atoms with E-state index in [0.717, 1.165) is 23.3 Å². The summed E-state index contributed by atoms with van der Waals surface area (Å²) in [4.78, 5) is 16.9. The lowest BCUT2D eigenvalue weighted by Crippen LogP contribution is -2.42. The van der Waals surface area contributed by atoms with Crippen LogP contribution in [0, 0.1) is 0 Å². The fraction of sp³-hybridized carbons (Fsp3) is 0.409. The zero-order valence-corrected chi connectivity index (χ0v) is 17.6. The maximum Gasteiger partial charge on any atom is 0.237 e. The number of halogens is 1. The van der Waals surface area contributed by atoms with E-state index in [1.165, 1.54) is 5.56 Å². The third kappa shape index (κ3) is 4.42. The Kier molecular flexibility index (Phi) is 6.47. The van der Waals surface area contributed by atoms with Gasteiger partial charge in [-0.25, -0.2) is 0 Å². The van der Waals surface area contributed by atoms with Crippen molar-refractivity contribution in [1.82, 2.24) is 9.80 Å². The summed E-state index contributed by atoms with van der Waals surface area (Å²) in [5.74, 6) is 1.55. The van der Waals surface area contributed by atoms with Crippen LogP contribution in [-0.2, 0) is 17.8 Å². The van der Waals surface area contributed by atoms with Gasteiger partial charge < -0.3 is 14.4 Å². The summed E-state index contributed by atoms with van der Waals surface area (Å²) in [5, 5.41) is 0.709. The fourth-order valence-corrected chi connectivity index (χ4v) is 3.77. The molecule has 3 rings (SSSR count). The zero-order chi connectivity index (χ0) is 20.3. The molecule has 0 fully saturated rings. The van der Waals surface area contributed by atoms with Crippen molar-refractivity contribution >= 4 is 17.5 Å². The average Bonchev–Trinajstić information content (AvgIpc) is 2.71. The Hall–Kier alpha value is -2.24. The normalized spacial score (nSPS) is 14.6. The molecule has 0 aliphatic carbocycles. The fourth-order valence-electron chi connectivity index (χ4n) is 3.57. The van der Waals surface area contributed by atoms with Crippen LogP contribution < -0.4 is 9.47 Å². The Balaban J connectivity index is 1.67. The second-order valence-corrected chi connectivity index (χ2v) is 7.62. The monoisotopic (exact) mass is 402 g/mol. The number of carbonyl (C=O) groups is 1. The van der Waals surface area contributed by atoms with Crippen molar-refractivity contribution in [3.63, 3.8) is 0 Å². The average molecular weight is 403 g/mol. The van der Waals surface area contributed by atoms with Crippen LogP contribution in [0.25, 0.3) is 0 Å². The molecule has 0 saturated heterocycles. The van der Waals surface area contributed by atoms with Gasteiger partial charge in [-0.3, -0.25) is 9.69 Å². The first-order chi connectivity index (χ1) is 13.4. The Morgan fingerprint density at radius 2 is 1.86 bits per heavy atom. The maximum atomic E-state index is 12.9. The van der Waals surface area contributed by atoms with Crippen LogP contribution in [0.2, 0.25) is 5.02 Å². The number of methoxy groups -OCH3 is 2. The van der Waals surface area contributed by atoms with E-state index in [-0.39, 0.29) is 11.9 Å². The predicted molar refractivity (Wildman–Crippen MR) is 111 cm³/mol. The van der Waals surface area contributed by atoms with Crippen molar-refractivity contribution in [3.05, 3.63) is 58.1 Å². The molecule has 1 unspecified atom stereocenters. The van der Waals surface area contributed by atoms with E-state index in [2.05, 4.69) is 11.8 Å². The number of hydrogen-bond acceptors (Lipinski definition) is 4. The SMILES string of the molecule is COc1cc2c(cc1OC)CN(C(=O)CN(C)C(C)c1cccc(Cl)c1)CC2. The standard InChI is InChI=1S/C22H27ClN2O3/c1-15(16-6-5-7-19(23)10-16)24(2)14-22(26)25-9-8-17-11-20(27-3)21(28-4)12-18(17)13-25/h5-7,10-12,15H,8-9,13-14H2,1-4H3. The Bertz CT molecular complexity index is 856. The molecule has 1 heterocycles. The summed E-state index contributed by atoms with van der Waals surface area (Å²) in [6, 6.07) is 11.9. The highest BCUT2D eigenvalue weighted by atomic mass is 35.5. The van der Waals surface area contributed by atoms with E-state index in [0.29, 0.717) is 30.4 Å². The van der Waals surface area contributed by atoms with Gasteiger partial charge in [-0.2, -0.15) is 0 Å². The quantitative estimate of drug-likeness (QED) is 0.734. The van der Waals surface area contributed by atoms with Gasteiger partial charge in [0.15, 0.2) is 11.5 Å². The highest BCUT2D eigenvalue weighted by Gasteiger charge is 2.24. The first-order valence-electron chi connectivity index (χ1n) is 9.40. The molecule has 2 aromatic rings. The summed E-state index contributed by atoms with van der Waals surface area (Å²) in [7, 11) is 5.23. The molecular formula is C22H27ClN2O3. The lowest BCUT2D eigenvalue weighted by atomic mass is 9.98. The highest BCUT2D eigenvalue weighted by Crippen LogP contribution is 2.33. The molecule has 28 heavy (non-hydrogen) atoms. The molecule has 1 aliphatic rings.